The molecule has 5 nitrogen and oxygen atoms in total. The maximum atomic E-state index is 14.2. The standard InChI is InChI=1S/C26H27NO4/c1-14-3-4-16-11-24(12-17(16)9-14)13-26(30)19-10-15-5-6-18(28)21-20(15)25(26,7-8-27(19)2)23(31-21)22(24)29/h3-6,9,19,23,28,30H,7-8,10-13H2,1-2H3/t19?,23-,24?,25-,26+/m0/s1. The smallest absolute Gasteiger partial charge is 0.181 e. The van der Waals surface area contributed by atoms with Gasteiger partial charge in [0, 0.05) is 17.0 Å². The monoisotopic (exact) mass is 417 g/mol. The number of ether oxygens (including phenoxy) is 1. The molecule has 0 amide bonds. The highest BCUT2D eigenvalue weighted by Crippen LogP contribution is 2.68. The van der Waals surface area contributed by atoms with Crippen LogP contribution < -0.4 is 4.74 Å². The second-order valence-electron chi connectivity index (χ2n) is 10.7. The minimum absolute atomic E-state index is 0.0641. The Bertz CT molecular complexity index is 1190. The van der Waals surface area contributed by atoms with Crippen LogP contribution in [0.25, 0.3) is 0 Å². The van der Waals surface area contributed by atoms with Gasteiger partial charge in [0.2, 0.25) is 0 Å². The number of ketones is 1. The van der Waals surface area contributed by atoms with Gasteiger partial charge in [-0.15, -0.1) is 0 Å². The normalized spacial score (nSPS) is 39.4. The topological polar surface area (TPSA) is 70.0 Å². The van der Waals surface area contributed by atoms with Crippen molar-refractivity contribution in [3.05, 3.63) is 58.1 Å². The summed E-state index contributed by atoms with van der Waals surface area (Å²) in [6, 6.07) is 10.0. The van der Waals surface area contributed by atoms with E-state index in [9.17, 15) is 15.0 Å². The summed E-state index contributed by atoms with van der Waals surface area (Å²) in [6.07, 6.45) is 2.41. The van der Waals surface area contributed by atoms with E-state index in [1.54, 1.807) is 6.07 Å². The quantitative estimate of drug-likeness (QED) is 0.689. The highest BCUT2D eigenvalue weighted by Gasteiger charge is 2.77. The number of carbonyl (C=O) groups excluding carboxylic acids is 1. The van der Waals surface area contributed by atoms with E-state index in [-0.39, 0.29) is 17.6 Å². The van der Waals surface area contributed by atoms with Gasteiger partial charge in [-0.25, -0.2) is 0 Å². The molecule has 5 aliphatic rings. The number of rotatable bonds is 0. The average Bonchev–Trinajstić information content (AvgIpc) is 3.26. The van der Waals surface area contributed by atoms with Gasteiger partial charge in [0.05, 0.1) is 11.0 Å². The lowest BCUT2D eigenvalue weighted by Gasteiger charge is -2.64. The Morgan fingerprint density at radius 3 is 2.74 bits per heavy atom. The Morgan fingerprint density at radius 2 is 1.90 bits per heavy atom. The lowest BCUT2D eigenvalue weighted by atomic mass is 9.44. The van der Waals surface area contributed by atoms with Gasteiger partial charge in [-0.3, -0.25) is 4.79 Å². The van der Waals surface area contributed by atoms with E-state index in [0.29, 0.717) is 37.9 Å². The molecule has 5 heteroatoms. The number of nitrogens with zero attached hydrogens (tertiary/aromatic N) is 1. The van der Waals surface area contributed by atoms with E-state index in [2.05, 4.69) is 37.1 Å². The molecule has 2 aromatic rings. The number of likely N-dealkylation sites (tertiary alicyclic amines) is 1. The highest BCUT2D eigenvalue weighted by atomic mass is 16.5. The van der Waals surface area contributed by atoms with Crippen LogP contribution in [0.5, 0.6) is 11.5 Å². The molecule has 0 radical (unpaired) electrons. The van der Waals surface area contributed by atoms with Gasteiger partial charge in [0.25, 0.3) is 0 Å². The van der Waals surface area contributed by atoms with Crippen LogP contribution in [0.3, 0.4) is 0 Å². The summed E-state index contributed by atoms with van der Waals surface area (Å²) in [5, 5.41) is 23.2. The van der Waals surface area contributed by atoms with Crippen LogP contribution in [0.1, 0.15) is 40.7 Å². The van der Waals surface area contributed by atoms with E-state index in [1.807, 2.05) is 6.07 Å². The molecular weight excluding hydrogens is 390 g/mol. The molecule has 2 bridgehead atoms. The summed E-state index contributed by atoms with van der Waals surface area (Å²) in [4.78, 5) is 16.5. The summed E-state index contributed by atoms with van der Waals surface area (Å²) in [7, 11) is 2.09. The molecule has 2 aliphatic heterocycles. The second-order valence-corrected chi connectivity index (χ2v) is 10.7. The van der Waals surface area contributed by atoms with Gasteiger partial charge in [0.1, 0.15) is 0 Å². The molecule has 3 aliphatic carbocycles. The Labute approximate surface area is 181 Å². The van der Waals surface area contributed by atoms with Crippen LogP contribution >= 0.6 is 0 Å². The molecule has 1 saturated carbocycles. The van der Waals surface area contributed by atoms with E-state index >= 15 is 0 Å². The number of aromatic hydroxyl groups is 1. The number of aryl methyl sites for hydroxylation is 1. The lowest BCUT2D eigenvalue weighted by molar-refractivity contribution is -0.206. The van der Waals surface area contributed by atoms with Crippen molar-refractivity contribution < 1.29 is 19.7 Å². The van der Waals surface area contributed by atoms with Crippen molar-refractivity contribution in [2.75, 3.05) is 13.6 Å². The SMILES string of the molecule is Cc1ccc2c(c1)CC1(C2)C[C@@]2(O)C3Cc4ccc(O)c5c4[C@@]2(CCN3C)[C@@H](O5)C1=O. The molecule has 160 valence electrons. The lowest BCUT2D eigenvalue weighted by Crippen LogP contribution is -2.79. The van der Waals surface area contributed by atoms with Gasteiger partial charge in [-0.2, -0.15) is 0 Å². The van der Waals surface area contributed by atoms with E-state index < -0.39 is 22.5 Å². The minimum atomic E-state index is -1.07. The molecular formula is C26H27NO4. The Kier molecular flexibility index (Phi) is 3.13. The Morgan fingerprint density at radius 1 is 1.13 bits per heavy atom. The fourth-order valence-corrected chi connectivity index (χ4v) is 7.98. The summed E-state index contributed by atoms with van der Waals surface area (Å²) in [6.45, 7) is 2.89. The largest absolute Gasteiger partial charge is 0.504 e. The van der Waals surface area contributed by atoms with Crippen molar-refractivity contribution >= 4 is 5.78 Å². The molecule has 5 atom stereocenters. The molecule has 2 heterocycles. The first-order valence-electron chi connectivity index (χ1n) is 11.4. The first kappa shape index (κ1) is 18.2. The third-order valence-corrected chi connectivity index (χ3v) is 9.27. The van der Waals surface area contributed by atoms with Crippen LogP contribution in [-0.4, -0.2) is 52.2 Å². The van der Waals surface area contributed by atoms with Crippen molar-refractivity contribution in [1.29, 1.82) is 0 Å². The highest BCUT2D eigenvalue weighted by molar-refractivity contribution is 5.96. The fourth-order valence-electron chi connectivity index (χ4n) is 7.98. The molecule has 1 saturated heterocycles. The second kappa shape index (κ2) is 5.33. The predicted molar refractivity (Wildman–Crippen MR) is 115 cm³/mol. The van der Waals surface area contributed by atoms with Gasteiger partial charge in [0.15, 0.2) is 23.4 Å². The fraction of sp³-hybridized carbons (Fsp3) is 0.500. The third kappa shape index (κ3) is 1.87. The van der Waals surface area contributed by atoms with Crippen molar-refractivity contribution in [1.82, 2.24) is 4.90 Å². The average molecular weight is 418 g/mol. The van der Waals surface area contributed by atoms with Crippen LogP contribution in [0, 0.1) is 12.3 Å². The molecule has 2 aromatic carbocycles. The number of likely N-dealkylation sites (N-methyl/N-ethyl adjacent to an activating group) is 1. The summed E-state index contributed by atoms with van der Waals surface area (Å²) < 4.78 is 6.35. The summed E-state index contributed by atoms with van der Waals surface area (Å²) in [5.41, 5.74) is 3.16. The van der Waals surface area contributed by atoms with Gasteiger partial charge >= 0.3 is 0 Å². The van der Waals surface area contributed by atoms with Gasteiger partial charge in [-0.05, 0) is 75.4 Å². The number of phenols is 1. The molecule has 2 fully saturated rings. The van der Waals surface area contributed by atoms with Crippen LogP contribution in [0.4, 0.5) is 0 Å². The number of hydrogen-bond donors (Lipinski definition) is 2. The maximum absolute atomic E-state index is 14.2. The van der Waals surface area contributed by atoms with Crippen molar-refractivity contribution in [3.8, 4) is 11.5 Å². The molecule has 0 aromatic heterocycles. The number of aliphatic hydroxyl groups is 1. The van der Waals surface area contributed by atoms with Gasteiger partial charge < -0.3 is 19.8 Å². The number of piperidine rings is 1. The third-order valence-electron chi connectivity index (χ3n) is 9.27. The number of Topliss-reactive ketones (excluding diaryl/α,β-unsaturated/α-hetero) is 1. The number of benzene rings is 2. The Hall–Kier alpha value is -2.37. The zero-order chi connectivity index (χ0) is 21.3. The number of fused-ring (bicyclic) bond motifs is 1. The first-order valence-corrected chi connectivity index (χ1v) is 11.4. The summed E-state index contributed by atoms with van der Waals surface area (Å²) in [5.74, 6) is 0.618. The first-order chi connectivity index (χ1) is 14.8. The van der Waals surface area contributed by atoms with E-state index in [0.717, 1.165) is 17.7 Å². The van der Waals surface area contributed by atoms with Crippen molar-refractivity contribution in [2.45, 2.75) is 62.2 Å². The molecule has 7 rings (SSSR count). The molecule has 2 unspecified atom stereocenters. The minimum Gasteiger partial charge on any atom is -0.504 e. The Balaban J connectivity index is 1.46. The predicted octanol–water partition coefficient (Wildman–Crippen LogP) is 2.45. The zero-order valence-corrected chi connectivity index (χ0v) is 17.9. The molecule has 2 N–H and O–H groups in total. The number of carbonyl (C=O) groups is 1. The maximum Gasteiger partial charge on any atom is 0.181 e. The van der Waals surface area contributed by atoms with Crippen molar-refractivity contribution in [3.63, 3.8) is 0 Å². The van der Waals surface area contributed by atoms with Crippen molar-refractivity contribution in [2.24, 2.45) is 5.41 Å². The number of hydrogen-bond acceptors (Lipinski definition) is 5. The van der Waals surface area contributed by atoms with E-state index in [4.69, 9.17) is 4.74 Å². The van der Waals surface area contributed by atoms with Crippen LogP contribution in [-0.2, 0) is 29.5 Å². The molecule has 2 spiro atoms. The van der Waals surface area contributed by atoms with E-state index in [1.165, 1.54) is 16.7 Å². The van der Waals surface area contributed by atoms with Crippen LogP contribution in [0.2, 0.25) is 0 Å². The van der Waals surface area contributed by atoms with Crippen LogP contribution in [0.15, 0.2) is 30.3 Å². The number of phenolic OH excluding ortho intramolecular Hbond substituents is 1. The molecule has 31 heavy (non-hydrogen) atoms. The van der Waals surface area contributed by atoms with Gasteiger partial charge in [-0.1, -0.05) is 29.8 Å². The zero-order valence-electron chi connectivity index (χ0n) is 17.9. The summed E-state index contributed by atoms with van der Waals surface area (Å²) >= 11 is 0.